The lowest BCUT2D eigenvalue weighted by Gasteiger charge is -1.78. The van der Waals surface area contributed by atoms with E-state index >= 15 is 0 Å². The van der Waals surface area contributed by atoms with E-state index in [1.165, 1.54) is 0 Å². The lowest BCUT2D eigenvalue weighted by atomic mass is 10.4. The Kier molecular flexibility index (Phi) is 4.34. The standard InChI is InChI=1S/C4H7O2/c5-3-1-2-4-6/h3-5H,1-2H2. The number of carbonyl (C=O) groups is 1. The van der Waals surface area contributed by atoms with Crippen molar-refractivity contribution < 1.29 is 9.90 Å². The summed E-state index contributed by atoms with van der Waals surface area (Å²) in [6.07, 6.45) is 1.67. The third kappa shape index (κ3) is 3.63. The van der Waals surface area contributed by atoms with Crippen molar-refractivity contribution in [2.75, 3.05) is 0 Å². The molecule has 0 saturated carbocycles. The highest BCUT2D eigenvalue weighted by Crippen LogP contribution is 1.82. The molecule has 0 aromatic carbocycles. The molecule has 0 unspecified atom stereocenters. The Bertz CT molecular complexity index is 34.5. The fourth-order valence-electron chi connectivity index (χ4n) is 0.143. The smallest absolute Gasteiger partial charge is 0.120 e. The number of rotatable bonds is 3. The number of aldehydes is 1. The lowest BCUT2D eigenvalue weighted by molar-refractivity contribution is -0.107. The van der Waals surface area contributed by atoms with Crippen molar-refractivity contribution in [3.05, 3.63) is 6.61 Å². The zero-order valence-electron chi connectivity index (χ0n) is 3.42. The van der Waals surface area contributed by atoms with Crippen LogP contribution in [0.25, 0.3) is 0 Å². The van der Waals surface area contributed by atoms with Crippen LogP contribution in [0.5, 0.6) is 0 Å². The fraction of sp³-hybridized carbons (Fsp3) is 0.500. The molecule has 0 bridgehead atoms. The molecule has 0 aliphatic heterocycles. The Morgan fingerprint density at radius 2 is 2.17 bits per heavy atom. The van der Waals surface area contributed by atoms with Crippen molar-refractivity contribution in [1.82, 2.24) is 0 Å². The van der Waals surface area contributed by atoms with Crippen LogP contribution < -0.4 is 0 Å². The molecule has 0 atom stereocenters. The summed E-state index contributed by atoms with van der Waals surface area (Å²) in [7, 11) is 0. The molecule has 0 heterocycles. The van der Waals surface area contributed by atoms with Gasteiger partial charge in [0.15, 0.2) is 0 Å². The molecule has 2 heteroatoms. The summed E-state index contributed by atoms with van der Waals surface area (Å²) in [4.78, 5) is 9.43. The number of aliphatic hydroxyl groups excluding tert-OH is 1. The first-order chi connectivity index (χ1) is 2.91. The minimum absolute atomic E-state index is 0.427. The van der Waals surface area contributed by atoms with Crippen LogP contribution in [0.15, 0.2) is 0 Å². The van der Waals surface area contributed by atoms with Gasteiger partial charge in [0.1, 0.15) is 6.29 Å². The molecule has 2 nitrogen and oxygen atoms in total. The molecule has 0 saturated heterocycles. The van der Waals surface area contributed by atoms with Gasteiger partial charge in [0.05, 0.1) is 6.61 Å². The monoisotopic (exact) mass is 87.0 g/mol. The SMILES string of the molecule is O=CCC[CH]O. The predicted molar refractivity (Wildman–Crippen MR) is 21.5 cm³/mol. The van der Waals surface area contributed by atoms with Crippen LogP contribution in [-0.2, 0) is 4.79 Å². The molecule has 35 valence electrons. The number of unbranched alkanes of at least 4 members (excludes halogenated alkanes) is 1. The summed E-state index contributed by atoms with van der Waals surface area (Å²) in [5, 5.41) is 7.91. The maximum Gasteiger partial charge on any atom is 0.120 e. The Hall–Kier alpha value is -0.370. The Balaban J connectivity index is 2.49. The largest absolute Gasteiger partial charge is 0.390 e. The van der Waals surface area contributed by atoms with Crippen LogP contribution >= 0.6 is 0 Å². The number of hydrogen-bond donors (Lipinski definition) is 1. The molecule has 1 radical (unpaired) electrons. The molecule has 0 spiro atoms. The number of aliphatic hydroxyl groups is 1. The van der Waals surface area contributed by atoms with E-state index in [0.717, 1.165) is 12.9 Å². The van der Waals surface area contributed by atoms with Crippen molar-refractivity contribution in [1.29, 1.82) is 0 Å². The highest BCUT2D eigenvalue weighted by atomic mass is 16.3. The zero-order valence-corrected chi connectivity index (χ0v) is 3.42. The van der Waals surface area contributed by atoms with E-state index in [9.17, 15) is 4.79 Å². The molecule has 0 amide bonds. The van der Waals surface area contributed by atoms with E-state index in [2.05, 4.69) is 0 Å². The Labute approximate surface area is 36.8 Å². The van der Waals surface area contributed by atoms with Crippen LogP contribution in [0.4, 0.5) is 0 Å². The van der Waals surface area contributed by atoms with Crippen molar-refractivity contribution in [2.24, 2.45) is 0 Å². The molecular weight excluding hydrogens is 80.0 g/mol. The van der Waals surface area contributed by atoms with Crippen LogP contribution in [0, 0.1) is 6.61 Å². The van der Waals surface area contributed by atoms with Crippen LogP contribution in [0.3, 0.4) is 0 Å². The summed E-state index contributed by atoms with van der Waals surface area (Å²) in [5.41, 5.74) is 0. The molecule has 0 aromatic rings. The highest BCUT2D eigenvalue weighted by molar-refractivity contribution is 5.49. The zero-order chi connectivity index (χ0) is 4.83. The van der Waals surface area contributed by atoms with Gasteiger partial charge in [-0.05, 0) is 6.42 Å². The first-order valence-electron chi connectivity index (χ1n) is 1.81. The van der Waals surface area contributed by atoms with Gasteiger partial charge in [-0.2, -0.15) is 0 Å². The second kappa shape index (κ2) is 4.63. The highest BCUT2D eigenvalue weighted by Gasteiger charge is 1.76. The third-order valence-electron chi connectivity index (χ3n) is 0.414. The third-order valence-corrected chi connectivity index (χ3v) is 0.414. The maximum atomic E-state index is 9.43. The predicted octanol–water partition coefficient (Wildman–Crippen LogP) is 0.500. The van der Waals surface area contributed by atoms with Crippen LogP contribution in [-0.4, -0.2) is 11.4 Å². The van der Waals surface area contributed by atoms with Gasteiger partial charge in [-0.3, -0.25) is 0 Å². The summed E-state index contributed by atoms with van der Waals surface area (Å²) >= 11 is 0. The first-order valence-corrected chi connectivity index (χ1v) is 1.81. The van der Waals surface area contributed by atoms with E-state index in [1.54, 1.807) is 0 Å². The molecule has 0 aliphatic carbocycles. The quantitative estimate of drug-likeness (QED) is 0.402. The van der Waals surface area contributed by atoms with E-state index in [4.69, 9.17) is 5.11 Å². The van der Waals surface area contributed by atoms with E-state index in [0.29, 0.717) is 12.8 Å². The average Bonchev–Trinajstić information content (AvgIpc) is 1.61. The average molecular weight is 87.1 g/mol. The van der Waals surface area contributed by atoms with Gasteiger partial charge in [0, 0.05) is 6.42 Å². The van der Waals surface area contributed by atoms with Gasteiger partial charge in [0.25, 0.3) is 0 Å². The van der Waals surface area contributed by atoms with Crippen molar-refractivity contribution in [3.8, 4) is 0 Å². The first kappa shape index (κ1) is 5.63. The van der Waals surface area contributed by atoms with E-state index < -0.39 is 0 Å². The van der Waals surface area contributed by atoms with Gasteiger partial charge < -0.3 is 9.90 Å². The second-order valence-corrected chi connectivity index (χ2v) is 0.927. The fourth-order valence-corrected chi connectivity index (χ4v) is 0.143. The summed E-state index contributed by atoms with van der Waals surface area (Å²) in [6, 6.07) is 0. The van der Waals surface area contributed by atoms with Crippen LogP contribution in [0.1, 0.15) is 12.8 Å². The molecular formula is C4H7O2. The maximum absolute atomic E-state index is 9.43. The van der Waals surface area contributed by atoms with Gasteiger partial charge in [0.2, 0.25) is 0 Å². The molecule has 0 aromatic heterocycles. The molecule has 6 heavy (non-hydrogen) atoms. The Morgan fingerprint density at radius 3 is 2.33 bits per heavy atom. The van der Waals surface area contributed by atoms with Crippen molar-refractivity contribution in [2.45, 2.75) is 12.8 Å². The number of hydrogen-bond acceptors (Lipinski definition) is 2. The second-order valence-electron chi connectivity index (χ2n) is 0.927. The summed E-state index contributed by atoms with van der Waals surface area (Å²) in [6.45, 7) is 0.981. The molecule has 1 N–H and O–H groups in total. The lowest BCUT2D eigenvalue weighted by Crippen LogP contribution is -1.74. The minimum atomic E-state index is 0.427. The molecule has 0 rings (SSSR count). The van der Waals surface area contributed by atoms with Gasteiger partial charge in [-0.25, -0.2) is 0 Å². The molecule has 0 fully saturated rings. The van der Waals surface area contributed by atoms with Gasteiger partial charge in [-0.15, -0.1) is 0 Å². The summed E-state index contributed by atoms with van der Waals surface area (Å²) in [5.74, 6) is 0. The van der Waals surface area contributed by atoms with Crippen LogP contribution in [0.2, 0.25) is 0 Å². The van der Waals surface area contributed by atoms with Gasteiger partial charge >= 0.3 is 0 Å². The van der Waals surface area contributed by atoms with Crippen molar-refractivity contribution >= 4 is 6.29 Å². The number of carbonyl (C=O) groups excluding carboxylic acids is 1. The Morgan fingerprint density at radius 1 is 1.50 bits per heavy atom. The van der Waals surface area contributed by atoms with E-state index in [1.807, 2.05) is 0 Å². The topological polar surface area (TPSA) is 37.3 Å². The normalized spacial score (nSPS) is 8.17. The van der Waals surface area contributed by atoms with Gasteiger partial charge in [-0.1, -0.05) is 0 Å². The summed E-state index contributed by atoms with van der Waals surface area (Å²) < 4.78 is 0. The van der Waals surface area contributed by atoms with E-state index in [-0.39, 0.29) is 0 Å². The molecule has 0 aliphatic rings. The van der Waals surface area contributed by atoms with Crippen molar-refractivity contribution in [3.63, 3.8) is 0 Å². The minimum Gasteiger partial charge on any atom is -0.390 e.